The Morgan fingerprint density at radius 3 is 2.18 bits per heavy atom. The van der Waals surface area contributed by atoms with Crippen molar-refractivity contribution in [3.63, 3.8) is 0 Å². The molecule has 0 bridgehead atoms. The molecular weight excluding hydrogens is 485 g/mol. The molecule has 0 radical (unpaired) electrons. The number of benzene rings is 2. The largest absolute Gasteiger partial charge is 0.508 e. The van der Waals surface area contributed by atoms with Gasteiger partial charge in [-0.3, -0.25) is 4.79 Å². The van der Waals surface area contributed by atoms with E-state index in [0.29, 0.717) is 6.42 Å². The summed E-state index contributed by atoms with van der Waals surface area (Å²) < 4.78 is 31.5. The molecular formula is C24H31Cl2NO5S. The molecule has 0 aromatic heterocycles. The minimum Gasteiger partial charge on any atom is -0.508 e. The molecule has 2 aromatic carbocycles. The van der Waals surface area contributed by atoms with Crippen LogP contribution in [0.4, 0.5) is 0 Å². The molecule has 0 heterocycles. The number of carbonyl (C=O) groups excluding carboxylic acids is 1. The van der Waals surface area contributed by atoms with Gasteiger partial charge in [0.15, 0.2) is 6.10 Å². The number of rotatable bonds is 14. The van der Waals surface area contributed by atoms with Crippen molar-refractivity contribution in [2.24, 2.45) is 5.73 Å². The highest BCUT2D eigenvalue weighted by Crippen LogP contribution is 2.34. The van der Waals surface area contributed by atoms with Crippen LogP contribution < -0.4 is 10.5 Å². The predicted octanol–water partition coefficient (Wildman–Crippen LogP) is 6.30. The number of primary amides is 1. The number of halogens is 2. The van der Waals surface area contributed by atoms with E-state index in [1.807, 2.05) is 0 Å². The Hall–Kier alpha value is -1.96. The number of amides is 1. The third-order valence-corrected chi connectivity index (χ3v) is 7.85. The Bertz CT molecular complexity index is 1040. The lowest BCUT2D eigenvalue weighted by atomic mass is 10.1. The molecule has 0 aliphatic heterocycles. The summed E-state index contributed by atoms with van der Waals surface area (Å²) in [6.07, 6.45) is 8.63. The van der Waals surface area contributed by atoms with Crippen LogP contribution in [-0.4, -0.2) is 25.5 Å². The number of carbonyl (C=O) groups is 1. The number of aromatic hydroxyl groups is 1. The highest BCUT2D eigenvalue weighted by atomic mass is 35.5. The molecule has 0 spiro atoms. The van der Waals surface area contributed by atoms with E-state index in [2.05, 4.69) is 6.92 Å². The van der Waals surface area contributed by atoms with Crippen LogP contribution in [0.15, 0.2) is 46.2 Å². The van der Waals surface area contributed by atoms with Crippen molar-refractivity contribution in [2.45, 2.75) is 80.6 Å². The second-order valence-electron chi connectivity index (χ2n) is 7.98. The number of nitrogens with two attached hydrogens (primary N) is 1. The van der Waals surface area contributed by atoms with Crippen molar-refractivity contribution >= 4 is 38.9 Å². The van der Waals surface area contributed by atoms with E-state index in [1.165, 1.54) is 62.4 Å². The Kier molecular flexibility index (Phi) is 10.8. The van der Waals surface area contributed by atoms with Crippen molar-refractivity contribution in [1.29, 1.82) is 0 Å². The molecule has 2 rings (SSSR count). The van der Waals surface area contributed by atoms with Gasteiger partial charge in [-0.25, -0.2) is 8.42 Å². The lowest BCUT2D eigenvalue weighted by Crippen LogP contribution is -2.33. The van der Waals surface area contributed by atoms with E-state index < -0.39 is 21.8 Å². The zero-order valence-corrected chi connectivity index (χ0v) is 21.1. The van der Waals surface area contributed by atoms with Gasteiger partial charge in [-0.2, -0.15) is 0 Å². The fourth-order valence-corrected chi connectivity index (χ4v) is 5.56. The maximum atomic E-state index is 12.9. The first-order valence-electron chi connectivity index (χ1n) is 11.2. The molecule has 0 aliphatic rings. The molecule has 2 aromatic rings. The zero-order chi connectivity index (χ0) is 24.4. The van der Waals surface area contributed by atoms with Crippen molar-refractivity contribution in [3.8, 4) is 11.5 Å². The lowest BCUT2D eigenvalue weighted by Gasteiger charge is -2.17. The lowest BCUT2D eigenvalue weighted by molar-refractivity contribution is -0.125. The standard InChI is InChI=1S/C24H31Cl2NO5S/c1-2-3-4-5-6-7-8-9-10-22(24(27)29)32-21-13-12-18(16-19(21)25)33(30,31)23-14-11-17(28)15-20(23)26/h11-16,22,28H,2-10H2,1H3,(H2,27,29). The average molecular weight is 516 g/mol. The summed E-state index contributed by atoms with van der Waals surface area (Å²) in [5.74, 6) is -0.563. The molecule has 1 atom stereocenters. The zero-order valence-electron chi connectivity index (χ0n) is 18.7. The van der Waals surface area contributed by atoms with E-state index >= 15 is 0 Å². The summed E-state index contributed by atoms with van der Waals surface area (Å²) in [5, 5.41) is 9.39. The van der Waals surface area contributed by atoms with Crippen molar-refractivity contribution in [1.82, 2.24) is 0 Å². The Labute approximate surface area is 206 Å². The Morgan fingerprint density at radius 1 is 0.970 bits per heavy atom. The summed E-state index contributed by atoms with van der Waals surface area (Å²) in [6.45, 7) is 2.19. The van der Waals surface area contributed by atoms with Gasteiger partial charge in [-0.1, -0.05) is 75.1 Å². The molecule has 0 fully saturated rings. The third kappa shape index (κ3) is 8.09. The molecule has 33 heavy (non-hydrogen) atoms. The van der Waals surface area contributed by atoms with Gasteiger partial charge < -0.3 is 15.6 Å². The minimum absolute atomic E-state index is 0.0353. The van der Waals surface area contributed by atoms with Gasteiger partial charge in [-0.15, -0.1) is 0 Å². The van der Waals surface area contributed by atoms with Gasteiger partial charge >= 0.3 is 0 Å². The smallest absolute Gasteiger partial charge is 0.258 e. The maximum Gasteiger partial charge on any atom is 0.258 e. The molecule has 6 nitrogen and oxygen atoms in total. The first-order chi connectivity index (χ1) is 15.7. The quantitative estimate of drug-likeness (QED) is 0.287. The molecule has 0 aliphatic carbocycles. The average Bonchev–Trinajstić information content (AvgIpc) is 2.75. The van der Waals surface area contributed by atoms with Crippen LogP contribution in [-0.2, 0) is 14.6 Å². The van der Waals surface area contributed by atoms with Crippen LogP contribution in [0.2, 0.25) is 10.0 Å². The first kappa shape index (κ1) is 27.3. The normalized spacial score (nSPS) is 12.5. The van der Waals surface area contributed by atoms with E-state index in [-0.39, 0.29) is 31.3 Å². The summed E-state index contributed by atoms with van der Waals surface area (Å²) in [5.41, 5.74) is 5.50. The number of phenolic OH excluding ortho intramolecular Hbond substituents is 1. The molecule has 3 N–H and O–H groups in total. The molecule has 9 heteroatoms. The first-order valence-corrected chi connectivity index (χ1v) is 13.4. The van der Waals surface area contributed by atoms with Crippen LogP contribution >= 0.6 is 23.2 Å². The summed E-state index contributed by atoms with van der Waals surface area (Å²) in [7, 11) is -3.97. The Balaban J connectivity index is 2.01. The van der Waals surface area contributed by atoms with Crippen LogP contribution in [0.3, 0.4) is 0 Å². The maximum absolute atomic E-state index is 12.9. The number of phenols is 1. The number of hydrogen-bond donors (Lipinski definition) is 2. The predicted molar refractivity (Wildman–Crippen MR) is 131 cm³/mol. The molecule has 182 valence electrons. The van der Waals surface area contributed by atoms with Crippen LogP contribution in [0.25, 0.3) is 0 Å². The molecule has 1 amide bonds. The number of unbranched alkanes of at least 4 members (excludes halogenated alkanes) is 7. The van der Waals surface area contributed by atoms with Crippen molar-refractivity contribution in [2.75, 3.05) is 0 Å². The van der Waals surface area contributed by atoms with Gasteiger partial charge in [0.1, 0.15) is 11.5 Å². The van der Waals surface area contributed by atoms with Gasteiger partial charge in [-0.05, 0) is 49.2 Å². The van der Waals surface area contributed by atoms with Crippen molar-refractivity contribution in [3.05, 3.63) is 46.4 Å². The fourth-order valence-electron chi connectivity index (χ4n) is 3.46. The molecule has 0 saturated carbocycles. The third-order valence-electron chi connectivity index (χ3n) is 5.33. The van der Waals surface area contributed by atoms with Gasteiger partial charge in [0.05, 0.1) is 19.8 Å². The molecule has 0 saturated heterocycles. The van der Waals surface area contributed by atoms with Gasteiger partial charge in [0, 0.05) is 0 Å². The van der Waals surface area contributed by atoms with Gasteiger partial charge in [0.25, 0.3) is 5.91 Å². The second kappa shape index (κ2) is 13.1. The highest BCUT2D eigenvalue weighted by Gasteiger charge is 2.24. The number of ether oxygens (including phenoxy) is 1. The Morgan fingerprint density at radius 2 is 1.61 bits per heavy atom. The number of hydrogen-bond acceptors (Lipinski definition) is 5. The van der Waals surface area contributed by atoms with E-state index in [4.69, 9.17) is 33.7 Å². The second-order valence-corrected chi connectivity index (χ2v) is 10.7. The summed E-state index contributed by atoms with van der Waals surface area (Å²) in [6, 6.07) is 7.57. The van der Waals surface area contributed by atoms with Gasteiger partial charge in [0.2, 0.25) is 9.84 Å². The van der Waals surface area contributed by atoms with E-state index in [9.17, 15) is 18.3 Å². The van der Waals surface area contributed by atoms with E-state index in [1.54, 1.807) is 0 Å². The van der Waals surface area contributed by atoms with Crippen LogP contribution in [0.1, 0.15) is 64.7 Å². The topological polar surface area (TPSA) is 107 Å². The highest BCUT2D eigenvalue weighted by molar-refractivity contribution is 7.91. The minimum atomic E-state index is -3.97. The number of sulfone groups is 1. The fraction of sp³-hybridized carbons (Fsp3) is 0.458. The van der Waals surface area contributed by atoms with E-state index in [0.717, 1.165) is 25.3 Å². The van der Waals surface area contributed by atoms with Crippen LogP contribution in [0, 0.1) is 0 Å². The van der Waals surface area contributed by atoms with Crippen LogP contribution in [0.5, 0.6) is 11.5 Å². The monoisotopic (exact) mass is 515 g/mol. The molecule has 1 unspecified atom stereocenters. The summed E-state index contributed by atoms with van der Waals surface area (Å²) >= 11 is 12.3. The van der Waals surface area contributed by atoms with Crippen molar-refractivity contribution < 1.29 is 23.1 Å². The summed E-state index contributed by atoms with van der Waals surface area (Å²) in [4.78, 5) is 11.6. The SMILES string of the molecule is CCCCCCCCCCC(Oc1ccc(S(=O)(=O)c2ccc(O)cc2Cl)cc1Cl)C(N)=O.